The number of aryl methyl sites for hydroxylation is 1. The normalized spacial score (nSPS) is 25.0. The molecule has 6 nitrogen and oxygen atoms in total. The van der Waals surface area contributed by atoms with Crippen molar-refractivity contribution in [3.63, 3.8) is 0 Å². The van der Waals surface area contributed by atoms with E-state index in [2.05, 4.69) is 27.0 Å². The average molecular weight is 327 g/mol. The fourth-order valence-corrected chi connectivity index (χ4v) is 4.46. The Morgan fingerprint density at radius 1 is 1.21 bits per heavy atom. The summed E-state index contributed by atoms with van der Waals surface area (Å²) in [5, 5.41) is 8.17. The number of aromatic nitrogens is 3. The van der Waals surface area contributed by atoms with Crippen LogP contribution in [0.1, 0.15) is 43.0 Å². The van der Waals surface area contributed by atoms with Crippen molar-refractivity contribution in [2.75, 3.05) is 19.6 Å². The van der Waals surface area contributed by atoms with Gasteiger partial charge in [0.25, 0.3) is 5.91 Å². The van der Waals surface area contributed by atoms with E-state index in [4.69, 9.17) is 0 Å². The first-order chi connectivity index (χ1) is 11.7. The Hall–Kier alpha value is -1.95. The highest BCUT2D eigenvalue weighted by molar-refractivity contribution is 5.97. The Labute approximate surface area is 142 Å². The molecule has 2 aromatic rings. The molecule has 2 saturated heterocycles. The summed E-state index contributed by atoms with van der Waals surface area (Å²) in [6.07, 6.45) is 4.70. The van der Waals surface area contributed by atoms with Gasteiger partial charge in [-0.2, -0.15) is 0 Å². The quantitative estimate of drug-likeness (QED) is 0.866. The monoisotopic (exact) mass is 327 g/mol. The zero-order valence-corrected chi connectivity index (χ0v) is 14.5. The molecule has 1 aromatic heterocycles. The van der Waals surface area contributed by atoms with Crippen LogP contribution in [0.4, 0.5) is 0 Å². The molecular formula is C18H25N5O. The number of carbonyl (C=O) groups excluding carboxylic acids is 1. The molecule has 4 rings (SSSR count). The Morgan fingerprint density at radius 3 is 2.83 bits per heavy atom. The van der Waals surface area contributed by atoms with Gasteiger partial charge in [0.2, 0.25) is 0 Å². The zero-order valence-electron chi connectivity index (χ0n) is 14.5. The van der Waals surface area contributed by atoms with Crippen LogP contribution in [0.2, 0.25) is 0 Å². The van der Waals surface area contributed by atoms with Crippen molar-refractivity contribution in [2.45, 2.75) is 44.7 Å². The highest BCUT2D eigenvalue weighted by Gasteiger charge is 2.39. The van der Waals surface area contributed by atoms with Crippen LogP contribution in [0.15, 0.2) is 18.2 Å². The molecule has 0 unspecified atom stereocenters. The van der Waals surface area contributed by atoms with Crippen molar-refractivity contribution >= 4 is 16.9 Å². The summed E-state index contributed by atoms with van der Waals surface area (Å²) >= 11 is 0. The van der Waals surface area contributed by atoms with Crippen LogP contribution >= 0.6 is 0 Å². The summed E-state index contributed by atoms with van der Waals surface area (Å²) in [6.45, 7) is 5.34. The van der Waals surface area contributed by atoms with Crippen LogP contribution < -0.4 is 0 Å². The summed E-state index contributed by atoms with van der Waals surface area (Å²) in [7, 11) is 1.87. The van der Waals surface area contributed by atoms with Gasteiger partial charge >= 0.3 is 0 Å². The molecule has 0 radical (unpaired) electrons. The summed E-state index contributed by atoms with van der Waals surface area (Å²) in [6, 6.07) is 6.63. The van der Waals surface area contributed by atoms with Crippen molar-refractivity contribution in [3.8, 4) is 0 Å². The molecule has 0 spiro atoms. The standard InChI is InChI=1S/C18H25N5O/c1-3-22-10-4-6-16(22)17-7-5-11-23(17)18(24)13-8-9-15-14(12-13)19-20-21(15)2/h8-9,12,16-17H,3-7,10-11H2,1-2H3/t16-,17-/m1/s1. The van der Waals surface area contributed by atoms with E-state index in [0.29, 0.717) is 12.1 Å². The van der Waals surface area contributed by atoms with Crippen LogP contribution in [-0.4, -0.2) is 62.4 Å². The van der Waals surface area contributed by atoms with E-state index in [9.17, 15) is 4.79 Å². The fraction of sp³-hybridized carbons (Fsp3) is 0.611. The third-order valence-corrected chi connectivity index (χ3v) is 5.68. The Morgan fingerprint density at radius 2 is 2.00 bits per heavy atom. The fourth-order valence-electron chi connectivity index (χ4n) is 4.46. The number of nitrogens with zero attached hydrogens (tertiary/aromatic N) is 5. The van der Waals surface area contributed by atoms with Crippen LogP contribution in [0, 0.1) is 0 Å². The van der Waals surface area contributed by atoms with Gasteiger partial charge in [0.05, 0.1) is 5.52 Å². The Balaban J connectivity index is 1.59. The largest absolute Gasteiger partial charge is 0.334 e. The number of likely N-dealkylation sites (tertiary alicyclic amines) is 2. The summed E-state index contributed by atoms with van der Waals surface area (Å²) in [5.74, 6) is 0.146. The predicted octanol–water partition coefficient (Wildman–Crippen LogP) is 2.06. The van der Waals surface area contributed by atoms with E-state index in [-0.39, 0.29) is 5.91 Å². The highest BCUT2D eigenvalue weighted by atomic mass is 16.2. The minimum atomic E-state index is 0.146. The molecule has 0 bridgehead atoms. The van der Waals surface area contributed by atoms with Crippen molar-refractivity contribution in [1.29, 1.82) is 0 Å². The minimum absolute atomic E-state index is 0.146. The molecule has 128 valence electrons. The molecule has 6 heteroatoms. The average Bonchev–Trinajstić information content (AvgIpc) is 3.32. The second-order valence-electron chi connectivity index (χ2n) is 6.96. The van der Waals surface area contributed by atoms with E-state index < -0.39 is 0 Å². The minimum Gasteiger partial charge on any atom is -0.334 e. The molecule has 0 N–H and O–H groups in total. The maximum Gasteiger partial charge on any atom is 0.254 e. The number of benzene rings is 1. The smallest absolute Gasteiger partial charge is 0.254 e. The summed E-state index contributed by atoms with van der Waals surface area (Å²) < 4.78 is 1.74. The topological polar surface area (TPSA) is 54.3 Å². The van der Waals surface area contributed by atoms with E-state index in [1.165, 1.54) is 19.4 Å². The number of hydrogen-bond acceptors (Lipinski definition) is 4. The lowest BCUT2D eigenvalue weighted by Crippen LogP contribution is -2.48. The van der Waals surface area contributed by atoms with Gasteiger partial charge in [-0.3, -0.25) is 9.69 Å². The first-order valence-corrected chi connectivity index (χ1v) is 9.03. The molecule has 24 heavy (non-hydrogen) atoms. The molecule has 1 amide bonds. The molecule has 1 aromatic carbocycles. The predicted molar refractivity (Wildman–Crippen MR) is 92.8 cm³/mol. The van der Waals surface area contributed by atoms with E-state index in [0.717, 1.165) is 42.5 Å². The van der Waals surface area contributed by atoms with Gasteiger partial charge in [0.1, 0.15) is 5.52 Å². The number of carbonyl (C=O) groups is 1. The van der Waals surface area contributed by atoms with Gasteiger partial charge in [0.15, 0.2) is 0 Å². The van der Waals surface area contributed by atoms with Gasteiger partial charge < -0.3 is 4.90 Å². The molecular weight excluding hydrogens is 302 g/mol. The highest BCUT2D eigenvalue weighted by Crippen LogP contribution is 2.31. The third-order valence-electron chi connectivity index (χ3n) is 5.68. The number of likely N-dealkylation sites (N-methyl/N-ethyl adjacent to an activating group) is 1. The molecule has 0 aliphatic carbocycles. The molecule has 3 heterocycles. The Bertz CT molecular complexity index is 755. The van der Waals surface area contributed by atoms with Crippen molar-refractivity contribution < 1.29 is 4.79 Å². The van der Waals surface area contributed by atoms with Gasteiger partial charge in [-0.05, 0) is 57.0 Å². The maximum absolute atomic E-state index is 13.1. The molecule has 2 atom stereocenters. The third kappa shape index (κ3) is 2.49. The van der Waals surface area contributed by atoms with Crippen molar-refractivity contribution in [1.82, 2.24) is 24.8 Å². The van der Waals surface area contributed by atoms with Crippen molar-refractivity contribution in [3.05, 3.63) is 23.8 Å². The van der Waals surface area contributed by atoms with Gasteiger partial charge in [-0.15, -0.1) is 5.10 Å². The SMILES string of the molecule is CCN1CCC[C@@H]1[C@H]1CCCN1C(=O)c1ccc2c(c1)nnn2C. The first-order valence-electron chi connectivity index (χ1n) is 9.03. The maximum atomic E-state index is 13.1. The molecule has 2 fully saturated rings. The number of amides is 1. The summed E-state index contributed by atoms with van der Waals surface area (Å²) in [5.41, 5.74) is 2.48. The second kappa shape index (κ2) is 6.16. The van der Waals surface area contributed by atoms with E-state index in [1.54, 1.807) is 4.68 Å². The lowest BCUT2D eigenvalue weighted by atomic mass is 10.0. The second-order valence-corrected chi connectivity index (χ2v) is 6.96. The lowest BCUT2D eigenvalue weighted by molar-refractivity contribution is 0.0650. The number of fused-ring (bicyclic) bond motifs is 1. The van der Waals surface area contributed by atoms with Gasteiger partial charge in [0, 0.05) is 31.2 Å². The van der Waals surface area contributed by atoms with Crippen LogP contribution in [0.3, 0.4) is 0 Å². The van der Waals surface area contributed by atoms with E-state index in [1.807, 2.05) is 25.2 Å². The number of rotatable bonds is 3. The lowest BCUT2D eigenvalue weighted by Gasteiger charge is -2.34. The van der Waals surface area contributed by atoms with Crippen molar-refractivity contribution in [2.24, 2.45) is 7.05 Å². The molecule has 2 aliphatic rings. The Kier molecular flexibility index (Phi) is 4.00. The molecule has 2 aliphatic heterocycles. The summed E-state index contributed by atoms with van der Waals surface area (Å²) in [4.78, 5) is 17.8. The van der Waals surface area contributed by atoms with Crippen LogP contribution in [0.25, 0.3) is 11.0 Å². The van der Waals surface area contributed by atoms with Crippen LogP contribution in [-0.2, 0) is 7.05 Å². The zero-order chi connectivity index (χ0) is 16.7. The molecule has 0 saturated carbocycles. The van der Waals surface area contributed by atoms with Gasteiger partial charge in [-0.25, -0.2) is 4.68 Å². The number of hydrogen-bond donors (Lipinski definition) is 0. The van der Waals surface area contributed by atoms with E-state index >= 15 is 0 Å². The first kappa shape index (κ1) is 15.6. The van der Waals surface area contributed by atoms with Crippen LogP contribution in [0.5, 0.6) is 0 Å². The van der Waals surface area contributed by atoms with Gasteiger partial charge in [-0.1, -0.05) is 12.1 Å².